The second-order valence-corrected chi connectivity index (χ2v) is 5.68. The van der Waals surface area contributed by atoms with Crippen LogP contribution in [0.3, 0.4) is 0 Å². The monoisotopic (exact) mass is 225 g/mol. The molecule has 2 rings (SSSR count). The molecule has 2 aliphatic rings. The first-order chi connectivity index (χ1) is 7.66. The van der Waals surface area contributed by atoms with Gasteiger partial charge in [-0.05, 0) is 37.0 Å². The molecule has 0 aromatic rings. The molecule has 0 spiro atoms. The Kier molecular flexibility index (Phi) is 3.85. The van der Waals surface area contributed by atoms with Gasteiger partial charge in [-0.2, -0.15) is 0 Å². The van der Waals surface area contributed by atoms with Gasteiger partial charge in [0.15, 0.2) is 0 Å². The fraction of sp³-hybridized carbons (Fsp3) is 0.923. The number of rotatable bonds is 6. The van der Waals surface area contributed by atoms with E-state index in [9.17, 15) is 4.79 Å². The van der Waals surface area contributed by atoms with Crippen LogP contribution in [-0.4, -0.2) is 25.7 Å². The summed E-state index contributed by atoms with van der Waals surface area (Å²) in [6, 6.07) is 0. The predicted molar refractivity (Wildman–Crippen MR) is 63.0 cm³/mol. The first kappa shape index (κ1) is 11.9. The van der Waals surface area contributed by atoms with Crippen molar-refractivity contribution in [3.05, 3.63) is 0 Å². The number of hydrogen-bond donors (Lipinski definition) is 1. The van der Waals surface area contributed by atoms with Crippen LogP contribution < -0.4 is 5.32 Å². The molecule has 3 nitrogen and oxygen atoms in total. The van der Waals surface area contributed by atoms with E-state index in [4.69, 9.17) is 4.74 Å². The van der Waals surface area contributed by atoms with Crippen LogP contribution in [0.1, 0.15) is 33.1 Å². The zero-order valence-electron chi connectivity index (χ0n) is 10.4. The van der Waals surface area contributed by atoms with Crippen LogP contribution in [0.15, 0.2) is 0 Å². The van der Waals surface area contributed by atoms with Crippen LogP contribution in [0.4, 0.5) is 0 Å². The molecule has 0 radical (unpaired) electrons. The van der Waals surface area contributed by atoms with Crippen molar-refractivity contribution >= 4 is 5.91 Å². The van der Waals surface area contributed by atoms with Gasteiger partial charge in [-0.25, -0.2) is 0 Å². The third kappa shape index (κ3) is 3.21. The Bertz CT molecular complexity index is 242. The summed E-state index contributed by atoms with van der Waals surface area (Å²) in [6.45, 7) is 6.34. The highest BCUT2D eigenvalue weighted by Crippen LogP contribution is 2.54. The number of carbonyl (C=O) groups is 1. The Morgan fingerprint density at radius 1 is 1.31 bits per heavy atom. The fourth-order valence-electron chi connectivity index (χ4n) is 2.64. The number of fused-ring (bicyclic) bond motifs is 1. The number of carbonyl (C=O) groups excluding carboxylic acids is 1. The molecule has 0 aromatic carbocycles. The van der Waals surface area contributed by atoms with Crippen LogP contribution in [-0.2, 0) is 9.53 Å². The van der Waals surface area contributed by atoms with Crippen molar-refractivity contribution in [2.45, 2.75) is 33.1 Å². The topological polar surface area (TPSA) is 38.3 Å². The van der Waals surface area contributed by atoms with Gasteiger partial charge in [-0.3, -0.25) is 4.79 Å². The maximum absolute atomic E-state index is 11.7. The zero-order valence-corrected chi connectivity index (χ0v) is 10.4. The lowest BCUT2D eigenvalue weighted by Gasteiger charge is -2.12. The lowest BCUT2D eigenvalue weighted by Crippen LogP contribution is -2.32. The van der Waals surface area contributed by atoms with E-state index in [-0.39, 0.29) is 5.91 Å². The molecule has 0 bridgehead atoms. The van der Waals surface area contributed by atoms with Gasteiger partial charge >= 0.3 is 0 Å². The van der Waals surface area contributed by atoms with E-state index >= 15 is 0 Å². The Hall–Kier alpha value is -0.570. The largest absolute Gasteiger partial charge is 0.379 e. The van der Waals surface area contributed by atoms with E-state index in [1.165, 1.54) is 6.42 Å². The standard InChI is InChI=1S/C13H23NO2/c1-9(2)8-16-4-3-14-13(15)12-6-10-5-11(10)7-12/h9-12H,3-8H2,1-2H3,(H,14,15). The van der Waals surface area contributed by atoms with E-state index in [0.29, 0.717) is 25.0 Å². The van der Waals surface area contributed by atoms with Gasteiger partial charge in [0.2, 0.25) is 5.91 Å². The molecule has 0 aliphatic heterocycles. The third-order valence-corrected chi connectivity index (χ3v) is 3.61. The van der Waals surface area contributed by atoms with Gasteiger partial charge in [0.05, 0.1) is 6.61 Å². The molecule has 2 atom stereocenters. The van der Waals surface area contributed by atoms with Crippen LogP contribution in [0.5, 0.6) is 0 Å². The van der Waals surface area contributed by atoms with Crippen molar-refractivity contribution in [1.29, 1.82) is 0 Å². The summed E-state index contributed by atoms with van der Waals surface area (Å²) in [4.78, 5) is 11.7. The average Bonchev–Trinajstić information content (AvgIpc) is 2.84. The van der Waals surface area contributed by atoms with Gasteiger partial charge in [-0.1, -0.05) is 13.8 Å². The van der Waals surface area contributed by atoms with Gasteiger partial charge in [0, 0.05) is 19.1 Å². The molecule has 1 N–H and O–H groups in total. The number of hydrogen-bond acceptors (Lipinski definition) is 2. The fourth-order valence-corrected chi connectivity index (χ4v) is 2.64. The number of nitrogens with one attached hydrogen (secondary N) is 1. The van der Waals surface area contributed by atoms with E-state index in [0.717, 1.165) is 31.3 Å². The minimum Gasteiger partial charge on any atom is -0.379 e. The summed E-state index contributed by atoms with van der Waals surface area (Å²) in [5.74, 6) is 2.88. The molecule has 2 fully saturated rings. The van der Waals surface area contributed by atoms with Crippen molar-refractivity contribution in [1.82, 2.24) is 5.32 Å². The Morgan fingerprint density at radius 2 is 2.00 bits per heavy atom. The smallest absolute Gasteiger partial charge is 0.223 e. The number of ether oxygens (including phenoxy) is 1. The molecular weight excluding hydrogens is 202 g/mol. The predicted octanol–water partition coefficient (Wildman–Crippen LogP) is 1.82. The lowest BCUT2D eigenvalue weighted by atomic mass is 10.0. The second kappa shape index (κ2) is 5.17. The summed E-state index contributed by atoms with van der Waals surface area (Å²) in [6.07, 6.45) is 3.63. The molecular formula is C13H23NO2. The summed E-state index contributed by atoms with van der Waals surface area (Å²) in [5, 5.41) is 2.98. The normalized spacial score (nSPS) is 31.6. The van der Waals surface area contributed by atoms with Crippen molar-refractivity contribution in [2.24, 2.45) is 23.7 Å². The molecule has 2 unspecified atom stereocenters. The first-order valence-corrected chi connectivity index (χ1v) is 6.52. The maximum atomic E-state index is 11.7. The average molecular weight is 225 g/mol. The van der Waals surface area contributed by atoms with Crippen molar-refractivity contribution in [2.75, 3.05) is 19.8 Å². The first-order valence-electron chi connectivity index (χ1n) is 6.52. The SMILES string of the molecule is CC(C)COCCNC(=O)C1CC2CC2C1. The summed E-state index contributed by atoms with van der Waals surface area (Å²) >= 11 is 0. The molecule has 92 valence electrons. The van der Waals surface area contributed by atoms with E-state index < -0.39 is 0 Å². The molecule has 16 heavy (non-hydrogen) atoms. The Balaban J connectivity index is 1.51. The minimum absolute atomic E-state index is 0.250. The summed E-state index contributed by atoms with van der Waals surface area (Å²) < 4.78 is 5.42. The van der Waals surface area contributed by atoms with Gasteiger partial charge in [0.25, 0.3) is 0 Å². The van der Waals surface area contributed by atoms with Crippen molar-refractivity contribution < 1.29 is 9.53 Å². The highest BCUT2D eigenvalue weighted by atomic mass is 16.5. The quantitative estimate of drug-likeness (QED) is 0.700. The molecule has 2 aliphatic carbocycles. The Morgan fingerprint density at radius 3 is 2.62 bits per heavy atom. The lowest BCUT2D eigenvalue weighted by molar-refractivity contribution is -0.125. The molecule has 0 aromatic heterocycles. The van der Waals surface area contributed by atoms with Gasteiger partial charge in [-0.15, -0.1) is 0 Å². The highest BCUT2D eigenvalue weighted by molar-refractivity contribution is 5.79. The van der Waals surface area contributed by atoms with E-state index in [1.54, 1.807) is 0 Å². The molecule has 1 amide bonds. The van der Waals surface area contributed by atoms with Gasteiger partial charge in [0.1, 0.15) is 0 Å². The second-order valence-electron chi connectivity index (χ2n) is 5.68. The summed E-state index contributed by atoms with van der Waals surface area (Å²) in [7, 11) is 0. The maximum Gasteiger partial charge on any atom is 0.223 e. The molecule has 0 saturated heterocycles. The third-order valence-electron chi connectivity index (χ3n) is 3.61. The molecule has 3 heteroatoms. The Labute approximate surface area is 97.9 Å². The van der Waals surface area contributed by atoms with Crippen LogP contribution in [0.2, 0.25) is 0 Å². The van der Waals surface area contributed by atoms with Gasteiger partial charge < -0.3 is 10.1 Å². The van der Waals surface area contributed by atoms with E-state index in [2.05, 4.69) is 19.2 Å². The number of amides is 1. The summed E-state index contributed by atoms with van der Waals surface area (Å²) in [5.41, 5.74) is 0. The van der Waals surface area contributed by atoms with Crippen molar-refractivity contribution in [3.8, 4) is 0 Å². The minimum atomic E-state index is 0.250. The highest BCUT2D eigenvalue weighted by Gasteiger charge is 2.47. The van der Waals surface area contributed by atoms with E-state index in [1.807, 2.05) is 0 Å². The van der Waals surface area contributed by atoms with Crippen molar-refractivity contribution in [3.63, 3.8) is 0 Å². The molecule has 0 heterocycles. The molecule has 2 saturated carbocycles. The van der Waals surface area contributed by atoms with Crippen LogP contribution in [0.25, 0.3) is 0 Å². The zero-order chi connectivity index (χ0) is 11.5. The van der Waals surface area contributed by atoms with Crippen LogP contribution >= 0.6 is 0 Å². The van der Waals surface area contributed by atoms with Crippen LogP contribution in [0, 0.1) is 23.7 Å².